The summed E-state index contributed by atoms with van der Waals surface area (Å²) in [6, 6.07) is 8.09. The molecule has 37 heavy (non-hydrogen) atoms. The van der Waals surface area contributed by atoms with Crippen molar-refractivity contribution in [3.8, 4) is 0 Å². The third-order valence-electron chi connectivity index (χ3n) is 6.18. The molecule has 0 aliphatic carbocycles. The largest absolute Gasteiger partial charge is 0.365 e. The minimum Gasteiger partial charge on any atom is -0.365 e. The third kappa shape index (κ3) is 6.12. The Morgan fingerprint density at radius 3 is 2.81 bits per heavy atom. The first-order chi connectivity index (χ1) is 17.9. The molecule has 2 heterocycles. The summed E-state index contributed by atoms with van der Waals surface area (Å²) < 4.78 is 2.04. The second-order valence-corrected chi connectivity index (χ2v) is 9.91. The van der Waals surface area contributed by atoms with Crippen molar-refractivity contribution >= 4 is 64.2 Å². The summed E-state index contributed by atoms with van der Waals surface area (Å²) in [5.74, 6) is 0.586. The monoisotopic (exact) mass is 534 g/mol. The smallest absolute Gasteiger partial charge is 0.136 e. The fraction of sp³-hybridized carbons (Fsp3) is 0.259. The molecule has 10 heteroatoms. The van der Waals surface area contributed by atoms with E-state index in [9.17, 15) is 0 Å². The Morgan fingerprint density at radius 2 is 2.05 bits per heavy atom. The topological polar surface area (TPSA) is 81.0 Å². The third-order valence-corrected chi connectivity index (χ3v) is 7.22. The van der Waals surface area contributed by atoms with Gasteiger partial charge < -0.3 is 19.8 Å². The number of likely N-dealkylation sites (N-methyl/N-ethyl adjacent to an activating group) is 1. The van der Waals surface area contributed by atoms with E-state index in [1.54, 1.807) is 36.6 Å². The Balaban J connectivity index is 1.66. The molecule has 1 aromatic heterocycles. The van der Waals surface area contributed by atoms with E-state index in [4.69, 9.17) is 16.6 Å². The van der Waals surface area contributed by atoms with Crippen molar-refractivity contribution in [1.29, 1.82) is 0 Å². The van der Waals surface area contributed by atoms with Gasteiger partial charge in [0, 0.05) is 50.6 Å². The molecule has 1 aliphatic heterocycles. The lowest BCUT2D eigenvalue weighted by atomic mass is 9.99. The summed E-state index contributed by atoms with van der Waals surface area (Å²) in [5, 5.41) is 7.53. The molecule has 3 aromatic rings. The number of rotatable bonds is 9. The van der Waals surface area contributed by atoms with Crippen LogP contribution >= 0.6 is 23.5 Å². The SMILES string of the molecule is C=C/C(=C/N=C)C(=NCNc1cc2c(cc1Cl)CCN(C)C2)Nc1ccc2nccnc2c1N(C)SC. The van der Waals surface area contributed by atoms with Crippen molar-refractivity contribution in [2.24, 2.45) is 9.98 Å². The molecule has 4 rings (SSSR count). The van der Waals surface area contributed by atoms with Gasteiger partial charge in [0.15, 0.2) is 0 Å². The van der Waals surface area contributed by atoms with Gasteiger partial charge in [-0.3, -0.25) is 15.0 Å². The van der Waals surface area contributed by atoms with E-state index in [-0.39, 0.29) is 0 Å². The molecular formula is C27H31ClN8S. The lowest BCUT2D eigenvalue weighted by molar-refractivity contribution is 0.313. The summed E-state index contributed by atoms with van der Waals surface area (Å²) in [6.45, 7) is 9.78. The molecule has 8 nitrogen and oxygen atoms in total. The quantitative estimate of drug-likeness (QED) is 0.159. The Labute approximate surface area is 227 Å². The number of anilines is 3. The second-order valence-electron chi connectivity index (χ2n) is 8.59. The van der Waals surface area contributed by atoms with E-state index in [0.29, 0.717) is 23.1 Å². The summed E-state index contributed by atoms with van der Waals surface area (Å²) in [6.07, 6.45) is 9.71. The van der Waals surface area contributed by atoms with Crippen LogP contribution in [0.3, 0.4) is 0 Å². The van der Waals surface area contributed by atoms with Crippen LogP contribution in [0.15, 0.2) is 71.1 Å². The first-order valence-corrected chi connectivity index (χ1v) is 13.4. The number of hydrogen-bond acceptors (Lipinski definition) is 8. The first-order valence-electron chi connectivity index (χ1n) is 11.8. The maximum atomic E-state index is 6.60. The molecule has 0 radical (unpaired) electrons. The van der Waals surface area contributed by atoms with Crippen LogP contribution in [0, 0.1) is 0 Å². The van der Waals surface area contributed by atoms with Crippen molar-refractivity contribution in [3.05, 3.63) is 77.2 Å². The van der Waals surface area contributed by atoms with Gasteiger partial charge in [0.25, 0.3) is 0 Å². The summed E-state index contributed by atoms with van der Waals surface area (Å²) >= 11 is 8.18. The Morgan fingerprint density at radius 1 is 1.24 bits per heavy atom. The molecule has 1 aliphatic rings. The molecular weight excluding hydrogens is 504 g/mol. The zero-order valence-corrected chi connectivity index (χ0v) is 22.9. The predicted octanol–water partition coefficient (Wildman–Crippen LogP) is 5.64. The first kappa shape index (κ1) is 26.7. The highest BCUT2D eigenvalue weighted by atomic mass is 35.5. The molecule has 0 fully saturated rings. The zero-order chi connectivity index (χ0) is 26.4. The maximum Gasteiger partial charge on any atom is 0.136 e. The summed E-state index contributed by atoms with van der Waals surface area (Å²) in [7, 11) is 4.12. The van der Waals surface area contributed by atoms with Crippen molar-refractivity contribution < 1.29 is 0 Å². The number of aromatic nitrogens is 2. The molecule has 2 N–H and O–H groups in total. The van der Waals surface area contributed by atoms with E-state index in [1.165, 1.54) is 11.1 Å². The highest BCUT2D eigenvalue weighted by Gasteiger charge is 2.17. The van der Waals surface area contributed by atoms with Crippen LogP contribution in [0.2, 0.25) is 5.02 Å². The van der Waals surface area contributed by atoms with Crippen molar-refractivity contribution in [2.75, 3.05) is 48.5 Å². The maximum absolute atomic E-state index is 6.60. The average molecular weight is 535 g/mol. The van der Waals surface area contributed by atoms with Crippen LogP contribution in [0.1, 0.15) is 11.1 Å². The number of benzene rings is 2. The molecule has 2 aromatic carbocycles. The number of halogens is 1. The fourth-order valence-electron chi connectivity index (χ4n) is 4.23. The Kier molecular flexibility index (Phi) is 8.81. The standard InChI is InChI=1S/C27H31ClN8S/c1-6-18(15-29-2)27(33-17-32-24-14-20-16-35(3)12-9-19(20)13-21(24)28)34-23-8-7-22-25(31-11-10-30-22)26(23)36(4)37-5/h6-8,10-11,13-15,32H,1-2,9,12,16-17H2,3-5H3,(H,33,34)/b18-15-. The molecule has 0 bridgehead atoms. The normalized spacial score (nSPS) is 14.3. The minimum atomic E-state index is 0.292. The molecule has 0 saturated heterocycles. The van der Waals surface area contributed by atoms with Crippen LogP contribution in [0.25, 0.3) is 11.0 Å². The van der Waals surface area contributed by atoms with Crippen molar-refractivity contribution in [1.82, 2.24) is 14.9 Å². The number of nitrogens with one attached hydrogen (secondary N) is 2. The molecule has 0 atom stereocenters. The number of fused-ring (bicyclic) bond motifs is 2. The second kappa shape index (κ2) is 12.2. The van der Waals surface area contributed by atoms with E-state index < -0.39 is 0 Å². The van der Waals surface area contributed by atoms with Gasteiger partial charge in [0.1, 0.15) is 18.0 Å². The molecule has 0 amide bonds. The molecule has 192 valence electrons. The van der Waals surface area contributed by atoms with Crippen LogP contribution in [-0.4, -0.2) is 61.0 Å². The van der Waals surface area contributed by atoms with Crippen LogP contribution < -0.4 is 14.9 Å². The molecule has 0 saturated carbocycles. The number of hydrogen-bond donors (Lipinski definition) is 2. The summed E-state index contributed by atoms with van der Waals surface area (Å²) in [5.41, 5.74) is 7.47. The lowest BCUT2D eigenvalue weighted by Gasteiger charge is -2.26. The predicted molar refractivity (Wildman–Crippen MR) is 160 cm³/mol. The lowest BCUT2D eigenvalue weighted by Crippen LogP contribution is -2.26. The van der Waals surface area contributed by atoms with Gasteiger partial charge in [-0.25, -0.2) is 4.99 Å². The van der Waals surface area contributed by atoms with Gasteiger partial charge >= 0.3 is 0 Å². The van der Waals surface area contributed by atoms with E-state index in [0.717, 1.165) is 47.6 Å². The Hall–Kier alpha value is -3.40. The van der Waals surface area contributed by atoms with Gasteiger partial charge in [0.2, 0.25) is 0 Å². The highest BCUT2D eigenvalue weighted by molar-refractivity contribution is 7.99. The van der Waals surface area contributed by atoms with Crippen molar-refractivity contribution in [3.63, 3.8) is 0 Å². The fourth-order valence-corrected chi connectivity index (χ4v) is 4.85. The van der Waals surface area contributed by atoms with Crippen LogP contribution in [0.5, 0.6) is 0 Å². The molecule has 0 spiro atoms. The average Bonchev–Trinajstić information content (AvgIpc) is 2.91. The number of amidine groups is 1. The van der Waals surface area contributed by atoms with E-state index in [1.807, 2.05) is 29.7 Å². The van der Waals surface area contributed by atoms with Crippen LogP contribution in [0.4, 0.5) is 17.1 Å². The minimum absolute atomic E-state index is 0.292. The zero-order valence-electron chi connectivity index (χ0n) is 21.3. The highest BCUT2D eigenvalue weighted by Crippen LogP contribution is 2.35. The van der Waals surface area contributed by atoms with Crippen LogP contribution in [-0.2, 0) is 13.0 Å². The van der Waals surface area contributed by atoms with Gasteiger partial charge in [-0.2, -0.15) is 0 Å². The van der Waals surface area contributed by atoms with Gasteiger partial charge in [0.05, 0.1) is 27.6 Å². The van der Waals surface area contributed by atoms with Crippen molar-refractivity contribution in [2.45, 2.75) is 13.0 Å². The van der Waals surface area contributed by atoms with Gasteiger partial charge in [-0.05, 0) is 55.6 Å². The Bertz CT molecular complexity index is 1370. The van der Waals surface area contributed by atoms with Gasteiger partial charge in [-0.15, -0.1) is 0 Å². The molecule has 0 unspecified atom stereocenters. The number of nitrogens with zero attached hydrogens (tertiary/aromatic N) is 6. The van der Waals surface area contributed by atoms with E-state index >= 15 is 0 Å². The number of aliphatic imine (C=N–C) groups is 2. The summed E-state index contributed by atoms with van der Waals surface area (Å²) in [4.78, 5) is 20.1. The van der Waals surface area contributed by atoms with Gasteiger partial charge in [-0.1, -0.05) is 36.2 Å². The van der Waals surface area contributed by atoms with E-state index in [2.05, 4.69) is 63.0 Å².